The second-order valence-electron chi connectivity index (χ2n) is 6.09. The number of carbonyl (C=O) groups excluding carboxylic acids is 1. The molecule has 3 rings (SSSR count). The largest absolute Gasteiger partial charge is 0.369 e. The van der Waals surface area contributed by atoms with Crippen LogP contribution >= 0.6 is 11.3 Å². The molecule has 5 nitrogen and oxygen atoms in total. The van der Waals surface area contributed by atoms with Gasteiger partial charge in [0.25, 0.3) is 0 Å². The molecule has 0 aromatic carbocycles. The van der Waals surface area contributed by atoms with E-state index in [0.717, 1.165) is 35.3 Å². The van der Waals surface area contributed by atoms with Crippen LogP contribution in [0, 0.1) is 0 Å². The van der Waals surface area contributed by atoms with E-state index in [9.17, 15) is 4.79 Å². The van der Waals surface area contributed by atoms with Crippen molar-refractivity contribution >= 4 is 33.3 Å². The van der Waals surface area contributed by atoms with Crippen LogP contribution in [0.15, 0.2) is 12.4 Å². The Morgan fingerprint density at radius 1 is 1.30 bits per heavy atom. The highest BCUT2D eigenvalue weighted by Crippen LogP contribution is 2.28. The number of hydrogen-bond donors (Lipinski definition) is 2. The van der Waals surface area contributed by atoms with Gasteiger partial charge in [0.15, 0.2) is 0 Å². The monoisotopic (exact) mass is 332 g/mol. The molecule has 0 aliphatic heterocycles. The zero-order valence-electron chi connectivity index (χ0n) is 13.6. The lowest BCUT2D eigenvalue weighted by molar-refractivity contribution is -0.121. The van der Waals surface area contributed by atoms with Gasteiger partial charge in [-0.15, -0.1) is 11.3 Å². The van der Waals surface area contributed by atoms with E-state index in [0.29, 0.717) is 19.0 Å². The number of carbonyl (C=O) groups is 1. The minimum atomic E-state index is 0.134. The Balaban J connectivity index is 1.52. The van der Waals surface area contributed by atoms with E-state index >= 15 is 0 Å². The van der Waals surface area contributed by atoms with Crippen LogP contribution in [0.4, 0.5) is 5.82 Å². The van der Waals surface area contributed by atoms with Crippen molar-refractivity contribution in [1.82, 2.24) is 15.3 Å². The maximum Gasteiger partial charge on any atom is 0.221 e. The molecule has 23 heavy (non-hydrogen) atoms. The Labute approximate surface area is 140 Å². The van der Waals surface area contributed by atoms with Gasteiger partial charge in [-0.25, -0.2) is 9.97 Å². The van der Waals surface area contributed by atoms with E-state index in [1.165, 1.54) is 24.1 Å². The first-order valence-electron chi connectivity index (χ1n) is 8.53. The summed E-state index contributed by atoms with van der Waals surface area (Å²) in [6, 6.07) is 2.52. The maximum absolute atomic E-state index is 12.0. The number of nitrogens with zero attached hydrogens (tertiary/aromatic N) is 2. The van der Waals surface area contributed by atoms with Gasteiger partial charge in [-0.2, -0.15) is 0 Å². The average molecular weight is 332 g/mol. The van der Waals surface area contributed by atoms with Crippen molar-refractivity contribution in [2.24, 2.45) is 0 Å². The highest BCUT2D eigenvalue weighted by molar-refractivity contribution is 7.18. The predicted molar refractivity (Wildman–Crippen MR) is 94.9 cm³/mol. The minimum Gasteiger partial charge on any atom is -0.369 e. The fourth-order valence-electron chi connectivity index (χ4n) is 3.06. The van der Waals surface area contributed by atoms with Gasteiger partial charge < -0.3 is 10.6 Å². The van der Waals surface area contributed by atoms with Gasteiger partial charge in [-0.1, -0.05) is 26.2 Å². The molecule has 2 N–H and O–H groups in total. The molecule has 2 aromatic rings. The summed E-state index contributed by atoms with van der Waals surface area (Å²) in [4.78, 5) is 23.0. The van der Waals surface area contributed by atoms with Gasteiger partial charge in [0.05, 0.1) is 5.39 Å². The van der Waals surface area contributed by atoms with Crippen LogP contribution < -0.4 is 10.6 Å². The number of nitrogens with one attached hydrogen (secondary N) is 2. The van der Waals surface area contributed by atoms with E-state index in [1.54, 1.807) is 17.7 Å². The lowest BCUT2D eigenvalue weighted by Crippen LogP contribution is -2.36. The van der Waals surface area contributed by atoms with Gasteiger partial charge in [-0.05, 0) is 25.3 Å². The Hall–Kier alpha value is -1.69. The van der Waals surface area contributed by atoms with Gasteiger partial charge >= 0.3 is 0 Å². The summed E-state index contributed by atoms with van der Waals surface area (Å²) < 4.78 is 0. The highest BCUT2D eigenvalue weighted by atomic mass is 32.1. The number of anilines is 1. The molecule has 2 aromatic heterocycles. The van der Waals surface area contributed by atoms with Gasteiger partial charge in [0, 0.05) is 23.9 Å². The van der Waals surface area contributed by atoms with Crippen LogP contribution in [-0.2, 0) is 11.2 Å². The third-order valence-corrected chi connectivity index (χ3v) is 5.53. The van der Waals surface area contributed by atoms with Crippen molar-refractivity contribution in [3.05, 3.63) is 17.3 Å². The van der Waals surface area contributed by atoms with Crippen LogP contribution in [-0.4, -0.2) is 28.5 Å². The third kappa shape index (κ3) is 4.19. The molecule has 1 fully saturated rings. The van der Waals surface area contributed by atoms with Gasteiger partial charge in [-0.3, -0.25) is 4.79 Å². The van der Waals surface area contributed by atoms with E-state index in [-0.39, 0.29) is 5.91 Å². The minimum absolute atomic E-state index is 0.134. The Kier molecular flexibility index (Phi) is 5.43. The van der Waals surface area contributed by atoms with Crippen molar-refractivity contribution in [3.8, 4) is 0 Å². The number of aryl methyl sites for hydroxylation is 1. The molecule has 0 spiro atoms. The summed E-state index contributed by atoms with van der Waals surface area (Å²) in [6.07, 6.45) is 9.10. The molecule has 0 radical (unpaired) electrons. The standard InChI is InChI=1S/C17H24N4OS/c1-2-13-10-14-16(19-11-20-17(14)23-13)18-9-8-15(22)21-12-6-4-3-5-7-12/h10-12H,2-9H2,1H3,(H,21,22)(H,18,19,20). The normalized spacial score (nSPS) is 15.7. The number of rotatable bonds is 6. The van der Waals surface area contributed by atoms with Crippen LogP contribution in [0.3, 0.4) is 0 Å². The molecule has 1 aliphatic carbocycles. The van der Waals surface area contributed by atoms with Crippen molar-refractivity contribution in [2.75, 3.05) is 11.9 Å². The summed E-state index contributed by atoms with van der Waals surface area (Å²) in [5.74, 6) is 0.964. The number of hydrogen-bond acceptors (Lipinski definition) is 5. The summed E-state index contributed by atoms with van der Waals surface area (Å²) >= 11 is 1.70. The second kappa shape index (κ2) is 7.73. The molecule has 0 unspecified atom stereocenters. The zero-order valence-corrected chi connectivity index (χ0v) is 14.4. The molecular weight excluding hydrogens is 308 g/mol. The Morgan fingerprint density at radius 3 is 2.91 bits per heavy atom. The smallest absolute Gasteiger partial charge is 0.221 e. The first kappa shape index (κ1) is 16.2. The fraction of sp³-hybridized carbons (Fsp3) is 0.588. The van der Waals surface area contributed by atoms with Crippen LogP contribution in [0.2, 0.25) is 0 Å². The summed E-state index contributed by atoms with van der Waals surface area (Å²) in [5.41, 5.74) is 0. The van der Waals surface area contributed by atoms with E-state index in [1.807, 2.05) is 0 Å². The highest BCUT2D eigenvalue weighted by Gasteiger charge is 2.15. The van der Waals surface area contributed by atoms with Crippen molar-refractivity contribution in [1.29, 1.82) is 0 Å². The maximum atomic E-state index is 12.0. The molecule has 0 atom stereocenters. The number of thiophene rings is 1. The molecule has 0 bridgehead atoms. The number of aromatic nitrogens is 2. The quantitative estimate of drug-likeness (QED) is 0.849. The summed E-state index contributed by atoms with van der Waals surface area (Å²) in [7, 11) is 0. The zero-order chi connectivity index (χ0) is 16.1. The lowest BCUT2D eigenvalue weighted by atomic mass is 9.95. The SMILES string of the molecule is CCc1cc2c(NCCC(=O)NC3CCCCC3)ncnc2s1. The van der Waals surface area contributed by atoms with Crippen molar-refractivity contribution < 1.29 is 4.79 Å². The van der Waals surface area contributed by atoms with E-state index in [2.05, 4.69) is 33.6 Å². The second-order valence-corrected chi connectivity index (χ2v) is 7.20. The number of amides is 1. The van der Waals surface area contributed by atoms with E-state index in [4.69, 9.17) is 0 Å². The predicted octanol–water partition coefficient (Wildman–Crippen LogP) is 3.50. The molecule has 1 aliphatic rings. The van der Waals surface area contributed by atoms with E-state index < -0.39 is 0 Å². The van der Waals surface area contributed by atoms with Crippen molar-refractivity contribution in [3.63, 3.8) is 0 Å². The molecule has 2 heterocycles. The summed E-state index contributed by atoms with van der Waals surface area (Å²) in [6.45, 7) is 2.74. The molecule has 124 valence electrons. The lowest BCUT2D eigenvalue weighted by Gasteiger charge is -2.22. The van der Waals surface area contributed by atoms with Crippen LogP contribution in [0.25, 0.3) is 10.2 Å². The summed E-state index contributed by atoms with van der Waals surface area (Å²) in [5, 5.41) is 7.49. The number of fused-ring (bicyclic) bond motifs is 1. The van der Waals surface area contributed by atoms with Gasteiger partial charge in [0.2, 0.25) is 5.91 Å². The molecular formula is C17H24N4OS. The molecule has 1 amide bonds. The van der Waals surface area contributed by atoms with Crippen molar-refractivity contribution in [2.45, 2.75) is 57.9 Å². The fourth-order valence-corrected chi connectivity index (χ4v) is 4.00. The van der Waals surface area contributed by atoms with Gasteiger partial charge in [0.1, 0.15) is 17.0 Å². The Bertz CT molecular complexity index is 664. The first-order chi connectivity index (χ1) is 11.3. The molecule has 6 heteroatoms. The Morgan fingerprint density at radius 2 is 2.13 bits per heavy atom. The topological polar surface area (TPSA) is 66.9 Å². The molecule has 1 saturated carbocycles. The van der Waals surface area contributed by atoms with Crippen LogP contribution in [0.5, 0.6) is 0 Å². The third-order valence-electron chi connectivity index (χ3n) is 4.34. The first-order valence-corrected chi connectivity index (χ1v) is 9.34. The van der Waals surface area contributed by atoms with Crippen LogP contribution in [0.1, 0.15) is 50.3 Å². The average Bonchev–Trinajstić information content (AvgIpc) is 3.00. The molecule has 0 saturated heterocycles.